The monoisotopic (exact) mass is 509 g/mol. The van der Waals surface area contributed by atoms with E-state index in [2.05, 4.69) is 10.6 Å². The van der Waals surface area contributed by atoms with Crippen molar-refractivity contribution in [1.82, 2.24) is 10.6 Å². The highest BCUT2D eigenvalue weighted by Crippen LogP contribution is 2.27. The van der Waals surface area contributed by atoms with E-state index in [1.165, 1.54) is 6.42 Å². The van der Waals surface area contributed by atoms with E-state index in [0.717, 1.165) is 42.4 Å². The SMILES string of the molecule is O=C(NC1CCCCC1)[C@H](Cc1ccccc1)NC(=O)[C@]1(Cc2ccccc2)COC(c2ccccc2)=N1. The maximum atomic E-state index is 14.1. The van der Waals surface area contributed by atoms with Crippen LogP contribution in [-0.2, 0) is 27.2 Å². The van der Waals surface area contributed by atoms with E-state index >= 15 is 0 Å². The first kappa shape index (κ1) is 25.7. The molecule has 2 N–H and O–H groups in total. The van der Waals surface area contributed by atoms with Gasteiger partial charge in [0, 0.05) is 24.4 Å². The molecule has 1 heterocycles. The number of benzene rings is 3. The Morgan fingerprint density at radius 1 is 0.842 bits per heavy atom. The zero-order chi connectivity index (χ0) is 26.2. The number of aliphatic imine (C=N–C) groups is 1. The first-order chi connectivity index (χ1) is 18.6. The highest BCUT2D eigenvalue weighted by molar-refractivity contribution is 6.01. The fraction of sp³-hybridized carbons (Fsp3) is 0.344. The van der Waals surface area contributed by atoms with E-state index < -0.39 is 11.6 Å². The van der Waals surface area contributed by atoms with Crippen LogP contribution in [0.5, 0.6) is 0 Å². The van der Waals surface area contributed by atoms with Crippen LogP contribution in [0.3, 0.4) is 0 Å². The van der Waals surface area contributed by atoms with Crippen LogP contribution in [0.15, 0.2) is 96.0 Å². The maximum Gasteiger partial charge on any atom is 0.252 e. The minimum Gasteiger partial charge on any atom is -0.474 e. The molecule has 6 heteroatoms. The molecule has 1 aliphatic carbocycles. The quantitative estimate of drug-likeness (QED) is 0.442. The zero-order valence-corrected chi connectivity index (χ0v) is 21.6. The van der Waals surface area contributed by atoms with Crippen LogP contribution in [0.4, 0.5) is 0 Å². The predicted octanol–water partition coefficient (Wildman–Crippen LogP) is 4.62. The number of hydrogen-bond donors (Lipinski definition) is 2. The molecule has 38 heavy (non-hydrogen) atoms. The molecule has 1 aliphatic heterocycles. The first-order valence-corrected chi connectivity index (χ1v) is 13.6. The lowest BCUT2D eigenvalue weighted by molar-refractivity contribution is -0.132. The molecule has 6 nitrogen and oxygen atoms in total. The van der Waals surface area contributed by atoms with Gasteiger partial charge in [-0.15, -0.1) is 0 Å². The summed E-state index contributed by atoms with van der Waals surface area (Å²) < 4.78 is 6.02. The van der Waals surface area contributed by atoms with Crippen LogP contribution in [0.1, 0.15) is 48.8 Å². The number of ether oxygens (including phenoxy) is 1. The molecular formula is C32H35N3O3. The van der Waals surface area contributed by atoms with Crippen LogP contribution in [0.2, 0.25) is 0 Å². The summed E-state index contributed by atoms with van der Waals surface area (Å²) in [6, 6.07) is 28.7. The van der Waals surface area contributed by atoms with Gasteiger partial charge in [-0.1, -0.05) is 98.1 Å². The van der Waals surface area contributed by atoms with Crippen LogP contribution in [-0.4, -0.2) is 41.9 Å². The maximum absolute atomic E-state index is 14.1. The van der Waals surface area contributed by atoms with Crippen LogP contribution >= 0.6 is 0 Å². The number of nitrogens with zero attached hydrogens (tertiary/aromatic N) is 1. The molecule has 1 saturated carbocycles. The second kappa shape index (κ2) is 12.1. The smallest absolute Gasteiger partial charge is 0.252 e. The molecule has 0 bridgehead atoms. The molecule has 2 atom stereocenters. The zero-order valence-electron chi connectivity index (χ0n) is 21.6. The van der Waals surface area contributed by atoms with Gasteiger partial charge in [0.15, 0.2) is 5.54 Å². The number of carbonyl (C=O) groups excluding carboxylic acids is 2. The molecule has 2 amide bonds. The molecule has 3 aromatic carbocycles. The van der Waals surface area contributed by atoms with Gasteiger partial charge in [-0.05, 0) is 36.1 Å². The van der Waals surface area contributed by atoms with E-state index in [4.69, 9.17) is 9.73 Å². The first-order valence-electron chi connectivity index (χ1n) is 13.6. The summed E-state index contributed by atoms with van der Waals surface area (Å²) in [6.07, 6.45) is 6.19. The summed E-state index contributed by atoms with van der Waals surface area (Å²) in [7, 11) is 0. The van der Waals surface area contributed by atoms with Crippen molar-refractivity contribution >= 4 is 17.7 Å². The Labute approximate surface area is 224 Å². The van der Waals surface area contributed by atoms with Crippen molar-refractivity contribution < 1.29 is 14.3 Å². The summed E-state index contributed by atoms with van der Waals surface area (Å²) in [5.74, 6) is 0.00472. The highest BCUT2D eigenvalue weighted by Gasteiger charge is 2.45. The van der Waals surface area contributed by atoms with E-state index in [9.17, 15) is 9.59 Å². The fourth-order valence-electron chi connectivity index (χ4n) is 5.30. The van der Waals surface area contributed by atoms with Crippen molar-refractivity contribution in [2.24, 2.45) is 4.99 Å². The van der Waals surface area contributed by atoms with E-state index in [-0.39, 0.29) is 24.5 Å². The molecule has 0 radical (unpaired) electrons. The largest absolute Gasteiger partial charge is 0.474 e. The lowest BCUT2D eigenvalue weighted by atomic mass is 9.90. The van der Waals surface area contributed by atoms with Crippen molar-refractivity contribution in [2.75, 3.05) is 6.61 Å². The van der Waals surface area contributed by atoms with E-state index in [0.29, 0.717) is 18.7 Å². The molecule has 0 saturated heterocycles. The van der Waals surface area contributed by atoms with Gasteiger partial charge in [-0.25, -0.2) is 4.99 Å². The Morgan fingerprint density at radius 3 is 2.11 bits per heavy atom. The molecule has 5 rings (SSSR count). The fourth-order valence-corrected chi connectivity index (χ4v) is 5.30. The lowest BCUT2D eigenvalue weighted by Crippen LogP contribution is -2.57. The molecule has 0 aromatic heterocycles. The van der Waals surface area contributed by atoms with Gasteiger partial charge in [0.25, 0.3) is 5.91 Å². The Balaban J connectivity index is 1.42. The minimum atomic E-state index is -1.17. The van der Waals surface area contributed by atoms with Crippen LogP contribution < -0.4 is 10.6 Å². The van der Waals surface area contributed by atoms with Gasteiger partial charge in [0.05, 0.1) is 0 Å². The average molecular weight is 510 g/mol. The van der Waals surface area contributed by atoms with Gasteiger partial charge in [0.2, 0.25) is 11.8 Å². The van der Waals surface area contributed by atoms with Crippen molar-refractivity contribution in [2.45, 2.75) is 62.6 Å². The Morgan fingerprint density at radius 2 is 1.45 bits per heavy atom. The van der Waals surface area contributed by atoms with Crippen molar-refractivity contribution in [3.8, 4) is 0 Å². The van der Waals surface area contributed by atoms with Crippen LogP contribution in [0.25, 0.3) is 0 Å². The third-order valence-corrected chi connectivity index (χ3v) is 7.40. The number of hydrogen-bond acceptors (Lipinski definition) is 4. The number of amides is 2. The standard InChI is InChI=1S/C32H35N3O3/c36-29(33-27-19-11-4-12-20-27)28(21-24-13-5-1-6-14-24)34-31(37)32(22-25-15-7-2-8-16-25)23-38-30(35-32)26-17-9-3-10-18-26/h1-3,5-10,13-18,27-28H,4,11-12,19-23H2,(H,33,36)(H,34,37)/t28-,32-/m0/s1. The van der Waals surface area contributed by atoms with Crippen molar-refractivity contribution in [3.63, 3.8) is 0 Å². The summed E-state index contributed by atoms with van der Waals surface area (Å²) in [5.41, 5.74) is 1.62. The topological polar surface area (TPSA) is 79.8 Å². The predicted molar refractivity (Wildman–Crippen MR) is 149 cm³/mol. The third kappa shape index (κ3) is 6.31. The number of nitrogens with one attached hydrogen (secondary N) is 2. The summed E-state index contributed by atoms with van der Waals surface area (Å²) in [5, 5.41) is 6.30. The minimum absolute atomic E-state index is 0.111. The normalized spacial score (nSPS) is 20.2. The Hall–Kier alpha value is -3.93. The summed E-state index contributed by atoms with van der Waals surface area (Å²) in [4.78, 5) is 32.5. The number of rotatable bonds is 9. The molecule has 1 fully saturated rings. The van der Waals surface area contributed by atoms with Gasteiger partial charge in [-0.3, -0.25) is 9.59 Å². The lowest BCUT2D eigenvalue weighted by Gasteiger charge is -2.29. The van der Waals surface area contributed by atoms with E-state index in [1.54, 1.807) is 0 Å². The summed E-state index contributed by atoms with van der Waals surface area (Å²) in [6.45, 7) is 0.111. The second-order valence-corrected chi connectivity index (χ2v) is 10.3. The van der Waals surface area contributed by atoms with Gasteiger partial charge < -0.3 is 15.4 Å². The Kier molecular flexibility index (Phi) is 8.17. The Bertz CT molecular complexity index is 1240. The molecular weight excluding hydrogens is 474 g/mol. The molecule has 3 aromatic rings. The second-order valence-electron chi connectivity index (χ2n) is 10.3. The molecule has 2 aliphatic rings. The van der Waals surface area contributed by atoms with Crippen LogP contribution in [0, 0.1) is 0 Å². The van der Waals surface area contributed by atoms with Gasteiger partial charge in [-0.2, -0.15) is 0 Å². The molecule has 0 unspecified atom stereocenters. The van der Waals surface area contributed by atoms with Gasteiger partial charge >= 0.3 is 0 Å². The molecule has 196 valence electrons. The highest BCUT2D eigenvalue weighted by atomic mass is 16.5. The molecule has 0 spiro atoms. The third-order valence-electron chi connectivity index (χ3n) is 7.40. The number of carbonyl (C=O) groups is 2. The van der Waals surface area contributed by atoms with Crippen molar-refractivity contribution in [1.29, 1.82) is 0 Å². The van der Waals surface area contributed by atoms with Gasteiger partial charge in [0.1, 0.15) is 12.6 Å². The average Bonchev–Trinajstić information content (AvgIpc) is 3.40. The summed E-state index contributed by atoms with van der Waals surface area (Å²) >= 11 is 0. The van der Waals surface area contributed by atoms with E-state index in [1.807, 2.05) is 91.0 Å². The van der Waals surface area contributed by atoms with Crippen molar-refractivity contribution in [3.05, 3.63) is 108 Å².